The van der Waals surface area contributed by atoms with Crippen molar-refractivity contribution in [2.45, 2.75) is 19.9 Å². The third-order valence-corrected chi connectivity index (χ3v) is 4.19. The summed E-state index contributed by atoms with van der Waals surface area (Å²) in [5, 5.41) is 2.58. The van der Waals surface area contributed by atoms with Crippen LogP contribution in [0.4, 0.5) is 8.78 Å². The lowest BCUT2D eigenvalue weighted by atomic mass is 10.1. The SMILES string of the molecule is Cc1ccccc1C(=O)NCC(=O)N(C)C(C)c1ccc(F)c(F)c1. The highest BCUT2D eigenvalue weighted by atomic mass is 19.2. The van der Waals surface area contributed by atoms with Crippen molar-refractivity contribution < 1.29 is 18.4 Å². The molecule has 0 aliphatic heterocycles. The minimum Gasteiger partial charge on any atom is -0.343 e. The zero-order valence-corrected chi connectivity index (χ0v) is 14.3. The Labute approximate surface area is 145 Å². The number of hydrogen-bond acceptors (Lipinski definition) is 2. The van der Waals surface area contributed by atoms with E-state index in [0.717, 1.165) is 17.7 Å². The first-order chi connectivity index (χ1) is 11.8. The van der Waals surface area contributed by atoms with Crippen molar-refractivity contribution in [3.63, 3.8) is 0 Å². The van der Waals surface area contributed by atoms with Crippen molar-refractivity contribution in [2.75, 3.05) is 13.6 Å². The number of halogens is 2. The van der Waals surface area contributed by atoms with Gasteiger partial charge in [-0.05, 0) is 43.2 Å². The van der Waals surface area contributed by atoms with Gasteiger partial charge in [-0.2, -0.15) is 0 Å². The molecule has 0 radical (unpaired) electrons. The second-order valence-electron chi connectivity index (χ2n) is 5.85. The van der Waals surface area contributed by atoms with Gasteiger partial charge in [0.05, 0.1) is 12.6 Å². The number of likely N-dealkylation sites (N-methyl/N-ethyl adjacent to an activating group) is 1. The molecule has 1 unspecified atom stereocenters. The van der Waals surface area contributed by atoms with Gasteiger partial charge in [-0.1, -0.05) is 24.3 Å². The standard InChI is InChI=1S/C19H20F2N2O2/c1-12-6-4-5-7-15(12)19(25)22-11-18(24)23(3)13(2)14-8-9-16(20)17(21)10-14/h4-10,13H,11H2,1-3H3,(H,22,25). The minimum absolute atomic E-state index is 0.183. The van der Waals surface area contributed by atoms with Gasteiger partial charge in [-0.3, -0.25) is 9.59 Å². The van der Waals surface area contributed by atoms with Crippen LogP contribution in [-0.4, -0.2) is 30.3 Å². The zero-order chi connectivity index (χ0) is 18.6. The molecule has 25 heavy (non-hydrogen) atoms. The lowest BCUT2D eigenvalue weighted by Crippen LogP contribution is -2.39. The van der Waals surface area contributed by atoms with Crippen LogP contribution in [0.1, 0.15) is 34.5 Å². The van der Waals surface area contributed by atoms with Crippen LogP contribution in [0.5, 0.6) is 0 Å². The van der Waals surface area contributed by atoms with Crippen molar-refractivity contribution in [3.8, 4) is 0 Å². The Hall–Kier alpha value is -2.76. The smallest absolute Gasteiger partial charge is 0.251 e. The van der Waals surface area contributed by atoms with Crippen LogP contribution in [0.15, 0.2) is 42.5 Å². The lowest BCUT2D eigenvalue weighted by Gasteiger charge is -2.25. The van der Waals surface area contributed by atoms with E-state index in [0.29, 0.717) is 11.1 Å². The van der Waals surface area contributed by atoms with Crippen LogP contribution < -0.4 is 5.32 Å². The Bertz CT molecular complexity index is 793. The molecule has 2 aromatic carbocycles. The fraction of sp³-hybridized carbons (Fsp3) is 0.263. The highest BCUT2D eigenvalue weighted by Gasteiger charge is 2.19. The minimum atomic E-state index is -0.960. The highest BCUT2D eigenvalue weighted by molar-refractivity contribution is 5.97. The number of aryl methyl sites for hydroxylation is 1. The molecule has 0 saturated carbocycles. The molecule has 2 amide bonds. The molecule has 2 rings (SSSR count). The van der Waals surface area contributed by atoms with Crippen molar-refractivity contribution >= 4 is 11.8 Å². The van der Waals surface area contributed by atoms with E-state index in [9.17, 15) is 18.4 Å². The zero-order valence-electron chi connectivity index (χ0n) is 14.3. The normalized spacial score (nSPS) is 11.7. The third kappa shape index (κ3) is 4.41. The maximum atomic E-state index is 13.3. The molecule has 2 aromatic rings. The van der Waals surface area contributed by atoms with Crippen molar-refractivity contribution in [3.05, 3.63) is 70.8 Å². The average Bonchev–Trinajstić information content (AvgIpc) is 2.60. The molecular weight excluding hydrogens is 326 g/mol. The summed E-state index contributed by atoms with van der Waals surface area (Å²) >= 11 is 0. The van der Waals surface area contributed by atoms with E-state index < -0.39 is 17.7 Å². The number of benzene rings is 2. The van der Waals surface area contributed by atoms with E-state index in [2.05, 4.69) is 5.32 Å². The molecule has 1 N–H and O–H groups in total. The second-order valence-corrected chi connectivity index (χ2v) is 5.85. The van der Waals surface area contributed by atoms with Crippen LogP contribution in [0.2, 0.25) is 0 Å². The fourth-order valence-electron chi connectivity index (χ4n) is 2.42. The molecule has 1 atom stereocenters. The molecule has 0 fully saturated rings. The van der Waals surface area contributed by atoms with E-state index in [1.807, 2.05) is 19.1 Å². The molecular formula is C19H20F2N2O2. The Morgan fingerprint density at radius 2 is 1.80 bits per heavy atom. The Kier molecular flexibility index (Phi) is 5.85. The van der Waals surface area contributed by atoms with Crippen LogP contribution in [0.25, 0.3) is 0 Å². The largest absolute Gasteiger partial charge is 0.343 e. The lowest BCUT2D eigenvalue weighted by molar-refractivity contribution is -0.130. The van der Waals surface area contributed by atoms with Crippen molar-refractivity contribution in [1.82, 2.24) is 10.2 Å². The van der Waals surface area contributed by atoms with Gasteiger partial charge >= 0.3 is 0 Å². The number of nitrogens with one attached hydrogen (secondary N) is 1. The predicted molar refractivity (Wildman–Crippen MR) is 91.1 cm³/mol. The number of rotatable bonds is 5. The summed E-state index contributed by atoms with van der Waals surface area (Å²) in [4.78, 5) is 25.8. The molecule has 0 aliphatic carbocycles. The van der Waals surface area contributed by atoms with Gasteiger partial charge in [0.15, 0.2) is 11.6 Å². The Balaban J connectivity index is 1.99. The maximum absolute atomic E-state index is 13.3. The Morgan fingerprint density at radius 1 is 1.12 bits per heavy atom. The summed E-state index contributed by atoms with van der Waals surface area (Å²) in [7, 11) is 1.55. The van der Waals surface area contributed by atoms with Gasteiger partial charge in [0, 0.05) is 12.6 Å². The van der Waals surface area contributed by atoms with Gasteiger partial charge in [0.2, 0.25) is 5.91 Å². The quantitative estimate of drug-likeness (QED) is 0.904. The molecule has 132 valence electrons. The van der Waals surface area contributed by atoms with Crippen LogP contribution in [0.3, 0.4) is 0 Å². The number of amides is 2. The maximum Gasteiger partial charge on any atom is 0.251 e. The summed E-state index contributed by atoms with van der Waals surface area (Å²) < 4.78 is 26.4. The van der Waals surface area contributed by atoms with Crippen molar-refractivity contribution in [1.29, 1.82) is 0 Å². The number of hydrogen-bond donors (Lipinski definition) is 1. The van der Waals surface area contributed by atoms with Gasteiger partial charge in [-0.25, -0.2) is 8.78 Å². The average molecular weight is 346 g/mol. The molecule has 0 heterocycles. The van der Waals surface area contributed by atoms with Crippen LogP contribution in [0, 0.1) is 18.6 Å². The number of carbonyl (C=O) groups is 2. The molecule has 0 saturated heterocycles. The molecule has 4 nitrogen and oxygen atoms in total. The first-order valence-corrected chi connectivity index (χ1v) is 7.85. The monoisotopic (exact) mass is 346 g/mol. The molecule has 0 spiro atoms. The third-order valence-electron chi connectivity index (χ3n) is 4.19. The van der Waals surface area contributed by atoms with Crippen molar-refractivity contribution in [2.24, 2.45) is 0 Å². The number of nitrogens with zero attached hydrogens (tertiary/aromatic N) is 1. The Morgan fingerprint density at radius 3 is 2.44 bits per heavy atom. The van der Waals surface area contributed by atoms with E-state index in [1.54, 1.807) is 26.1 Å². The number of carbonyl (C=O) groups excluding carboxylic acids is 2. The van der Waals surface area contributed by atoms with Gasteiger partial charge < -0.3 is 10.2 Å². The molecule has 6 heteroatoms. The van der Waals surface area contributed by atoms with Gasteiger partial charge in [0.25, 0.3) is 5.91 Å². The fourth-order valence-corrected chi connectivity index (χ4v) is 2.42. The van der Waals surface area contributed by atoms with E-state index in [4.69, 9.17) is 0 Å². The summed E-state index contributed by atoms with van der Waals surface area (Å²) in [6.45, 7) is 3.33. The highest BCUT2D eigenvalue weighted by Crippen LogP contribution is 2.20. The first kappa shape index (κ1) is 18.6. The van der Waals surface area contributed by atoms with Gasteiger partial charge in [-0.15, -0.1) is 0 Å². The van der Waals surface area contributed by atoms with Gasteiger partial charge in [0.1, 0.15) is 0 Å². The molecule has 0 aliphatic rings. The van der Waals surface area contributed by atoms with E-state index in [-0.39, 0.29) is 18.4 Å². The summed E-state index contributed by atoms with van der Waals surface area (Å²) in [5.41, 5.74) is 1.79. The topological polar surface area (TPSA) is 49.4 Å². The summed E-state index contributed by atoms with van der Waals surface area (Å²) in [5.74, 6) is -2.56. The molecule has 0 bridgehead atoms. The van der Waals surface area contributed by atoms with Crippen LogP contribution in [-0.2, 0) is 4.79 Å². The van der Waals surface area contributed by atoms with E-state index >= 15 is 0 Å². The second kappa shape index (κ2) is 7.88. The predicted octanol–water partition coefficient (Wildman–Crippen LogP) is 3.22. The van der Waals surface area contributed by atoms with E-state index in [1.165, 1.54) is 11.0 Å². The molecule has 0 aromatic heterocycles. The summed E-state index contributed by atoms with van der Waals surface area (Å²) in [6.07, 6.45) is 0. The first-order valence-electron chi connectivity index (χ1n) is 7.85. The summed E-state index contributed by atoms with van der Waals surface area (Å²) in [6, 6.07) is 10.1. The van der Waals surface area contributed by atoms with Crippen LogP contribution >= 0.6 is 0 Å².